The Kier molecular flexibility index (Phi) is 13.1. The number of hydrogen-bond donors (Lipinski definition) is 3. The third-order valence-electron chi connectivity index (χ3n) is 2.93. The smallest absolute Gasteiger partial charge is 0.224 e. The van der Waals surface area contributed by atoms with Crippen LogP contribution in [0.1, 0.15) is 12.5 Å². The largest absolute Gasteiger partial charge is 0.383 e. The molecule has 1 aromatic rings. The van der Waals surface area contributed by atoms with E-state index in [1.165, 1.54) is 12.1 Å². The van der Waals surface area contributed by atoms with Crippen molar-refractivity contribution in [1.82, 2.24) is 16.0 Å². The molecule has 0 aliphatic carbocycles. The van der Waals surface area contributed by atoms with Gasteiger partial charge in [-0.1, -0.05) is 12.1 Å². The summed E-state index contributed by atoms with van der Waals surface area (Å²) in [4.78, 5) is 16.1. The monoisotopic (exact) mass is 452 g/mol. The van der Waals surface area contributed by atoms with E-state index in [0.717, 1.165) is 12.1 Å². The van der Waals surface area contributed by atoms with Crippen molar-refractivity contribution in [3.8, 4) is 0 Å². The second-order valence-electron chi connectivity index (χ2n) is 4.83. The molecule has 3 N–H and O–H groups in total. The Balaban J connectivity index is 0.00000529. The van der Waals surface area contributed by atoms with Crippen molar-refractivity contribution < 1.29 is 13.9 Å². The first-order valence-corrected chi connectivity index (χ1v) is 7.68. The summed E-state index contributed by atoms with van der Waals surface area (Å²) in [7, 11) is 1.63. The van der Waals surface area contributed by atoms with Crippen LogP contribution < -0.4 is 16.0 Å². The van der Waals surface area contributed by atoms with Crippen LogP contribution >= 0.6 is 24.0 Å². The van der Waals surface area contributed by atoms with E-state index in [0.29, 0.717) is 32.2 Å². The number of halogens is 2. The fourth-order valence-electron chi connectivity index (χ4n) is 1.82. The van der Waals surface area contributed by atoms with E-state index in [1.54, 1.807) is 19.2 Å². The summed E-state index contributed by atoms with van der Waals surface area (Å²) in [6.45, 7) is 4.92. The number of benzene rings is 1. The van der Waals surface area contributed by atoms with Crippen LogP contribution in [0.5, 0.6) is 0 Å². The standard InChI is InChI=1S/C16H25FN4O2.HI/c1-3-18-16(21-10-11-23-2)20-9-8-19-15(22)12-13-4-6-14(17)7-5-13;/h4-7H,3,8-12H2,1-2H3,(H,19,22)(H2,18,20,21);1H. The van der Waals surface area contributed by atoms with E-state index in [4.69, 9.17) is 4.74 Å². The lowest BCUT2D eigenvalue weighted by Gasteiger charge is -2.11. The van der Waals surface area contributed by atoms with Crippen LogP contribution in [-0.2, 0) is 16.0 Å². The number of nitrogens with zero attached hydrogens (tertiary/aromatic N) is 1. The van der Waals surface area contributed by atoms with E-state index in [9.17, 15) is 9.18 Å². The molecule has 0 radical (unpaired) electrons. The molecule has 136 valence electrons. The lowest BCUT2D eigenvalue weighted by Crippen LogP contribution is -2.42. The van der Waals surface area contributed by atoms with Gasteiger partial charge in [0.05, 0.1) is 19.6 Å². The maximum absolute atomic E-state index is 12.8. The maximum atomic E-state index is 12.8. The first-order chi connectivity index (χ1) is 11.2. The topological polar surface area (TPSA) is 74.8 Å². The quantitative estimate of drug-likeness (QED) is 0.229. The highest BCUT2D eigenvalue weighted by Gasteiger charge is 2.03. The van der Waals surface area contributed by atoms with Crippen molar-refractivity contribution in [2.45, 2.75) is 13.3 Å². The zero-order chi connectivity index (χ0) is 16.9. The van der Waals surface area contributed by atoms with E-state index in [2.05, 4.69) is 20.9 Å². The Labute approximate surface area is 159 Å². The summed E-state index contributed by atoms with van der Waals surface area (Å²) in [6.07, 6.45) is 0.238. The molecule has 0 aliphatic rings. The minimum absolute atomic E-state index is 0. The van der Waals surface area contributed by atoms with Crippen LogP contribution in [0.4, 0.5) is 4.39 Å². The molecule has 0 saturated carbocycles. The van der Waals surface area contributed by atoms with Crippen LogP contribution in [0.3, 0.4) is 0 Å². The molecule has 8 heteroatoms. The Bertz CT molecular complexity index is 497. The first-order valence-electron chi connectivity index (χ1n) is 7.68. The van der Waals surface area contributed by atoms with Crippen molar-refractivity contribution in [1.29, 1.82) is 0 Å². The minimum Gasteiger partial charge on any atom is -0.383 e. The van der Waals surface area contributed by atoms with Gasteiger partial charge in [-0.05, 0) is 24.6 Å². The van der Waals surface area contributed by atoms with Gasteiger partial charge in [0.25, 0.3) is 0 Å². The fraction of sp³-hybridized carbons (Fsp3) is 0.500. The van der Waals surface area contributed by atoms with Crippen molar-refractivity contribution in [2.24, 2.45) is 4.99 Å². The molecule has 1 amide bonds. The molecule has 0 saturated heterocycles. The number of carbonyl (C=O) groups excluding carboxylic acids is 1. The molecule has 0 aromatic heterocycles. The van der Waals surface area contributed by atoms with Gasteiger partial charge in [-0.25, -0.2) is 4.39 Å². The van der Waals surface area contributed by atoms with Crippen LogP contribution in [-0.4, -0.2) is 51.8 Å². The second-order valence-corrected chi connectivity index (χ2v) is 4.83. The molecule has 0 unspecified atom stereocenters. The van der Waals surface area contributed by atoms with E-state index >= 15 is 0 Å². The van der Waals surface area contributed by atoms with Gasteiger partial charge in [0.15, 0.2) is 5.96 Å². The molecule has 6 nitrogen and oxygen atoms in total. The zero-order valence-electron chi connectivity index (χ0n) is 14.1. The van der Waals surface area contributed by atoms with Crippen LogP contribution in [0.25, 0.3) is 0 Å². The number of aliphatic imine (C=N–C) groups is 1. The molecule has 1 rings (SSSR count). The predicted octanol–water partition coefficient (Wildman–Crippen LogP) is 1.30. The molecule has 0 heterocycles. The summed E-state index contributed by atoms with van der Waals surface area (Å²) in [6, 6.07) is 5.92. The van der Waals surface area contributed by atoms with Gasteiger partial charge in [-0.3, -0.25) is 9.79 Å². The molecular weight excluding hydrogens is 426 g/mol. The van der Waals surface area contributed by atoms with Gasteiger partial charge in [-0.2, -0.15) is 0 Å². The van der Waals surface area contributed by atoms with Crippen LogP contribution in [0, 0.1) is 5.82 Å². The molecule has 0 aliphatic heterocycles. The van der Waals surface area contributed by atoms with E-state index in [-0.39, 0.29) is 42.1 Å². The maximum Gasteiger partial charge on any atom is 0.224 e. The summed E-state index contributed by atoms with van der Waals surface area (Å²) in [5.41, 5.74) is 0.784. The molecule has 0 fully saturated rings. The Morgan fingerprint density at radius 1 is 1.17 bits per heavy atom. The normalized spacial score (nSPS) is 10.7. The Morgan fingerprint density at radius 3 is 2.46 bits per heavy atom. The highest BCUT2D eigenvalue weighted by molar-refractivity contribution is 14.0. The van der Waals surface area contributed by atoms with E-state index in [1.807, 2.05) is 6.92 Å². The highest BCUT2D eigenvalue weighted by atomic mass is 127. The van der Waals surface area contributed by atoms with Gasteiger partial charge >= 0.3 is 0 Å². The van der Waals surface area contributed by atoms with E-state index < -0.39 is 0 Å². The summed E-state index contributed by atoms with van der Waals surface area (Å²) in [5, 5.41) is 9.04. The number of ether oxygens (including phenoxy) is 1. The second kappa shape index (κ2) is 14.0. The van der Waals surface area contributed by atoms with Gasteiger partial charge in [0, 0.05) is 26.7 Å². The van der Waals surface area contributed by atoms with Crippen molar-refractivity contribution in [3.63, 3.8) is 0 Å². The van der Waals surface area contributed by atoms with Crippen LogP contribution in [0.2, 0.25) is 0 Å². The van der Waals surface area contributed by atoms with Crippen molar-refractivity contribution >= 4 is 35.8 Å². The Morgan fingerprint density at radius 2 is 1.83 bits per heavy atom. The molecule has 24 heavy (non-hydrogen) atoms. The minimum atomic E-state index is -0.304. The fourth-order valence-corrected chi connectivity index (χ4v) is 1.82. The first kappa shape index (κ1) is 22.6. The van der Waals surface area contributed by atoms with Gasteiger partial charge in [0.1, 0.15) is 5.82 Å². The van der Waals surface area contributed by atoms with Gasteiger partial charge in [-0.15, -0.1) is 24.0 Å². The van der Waals surface area contributed by atoms with Gasteiger partial charge in [0.2, 0.25) is 5.91 Å². The molecular formula is C16H26FIN4O2. The number of rotatable bonds is 9. The number of carbonyl (C=O) groups is 1. The third-order valence-corrected chi connectivity index (χ3v) is 2.93. The van der Waals surface area contributed by atoms with Gasteiger partial charge < -0.3 is 20.7 Å². The lowest BCUT2D eigenvalue weighted by molar-refractivity contribution is -0.120. The van der Waals surface area contributed by atoms with Crippen LogP contribution in [0.15, 0.2) is 29.3 Å². The summed E-state index contributed by atoms with van der Waals surface area (Å²) in [5.74, 6) is 0.291. The Hall–Kier alpha value is -1.42. The highest BCUT2D eigenvalue weighted by Crippen LogP contribution is 2.03. The summed E-state index contributed by atoms with van der Waals surface area (Å²) >= 11 is 0. The lowest BCUT2D eigenvalue weighted by atomic mass is 10.1. The molecule has 0 spiro atoms. The SMILES string of the molecule is CCNC(=NCCOC)NCCNC(=O)Cc1ccc(F)cc1.I. The molecule has 1 aromatic carbocycles. The molecule has 0 atom stereocenters. The number of methoxy groups -OCH3 is 1. The number of guanidine groups is 1. The predicted molar refractivity (Wildman–Crippen MR) is 104 cm³/mol. The zero-order valence-corrected chi connectivity index (χ0v) is 16.4. The average molecular weight is 452 g/mol. The summed E-state index contributed by atoms with van der Waals surface area (Å²) < 4.78 is 17.7. The third kappa shape index (κ3) is 10.4. The number of nitrogens with one attached hydrogen (secondary N) is 3. The average Bonchev–Trinajstić information content (AvgIpc) is 2.54. The van der Waals surface area contributed by atoms with Crippen molar-refractivity contribution in [3.05, 3.63) is 35.6 Å². The number of hydrogen-bond acceptors (Lipinski definition) is 3. The van der Waals surface area contributed by atoms with Crippen molar-refractivity contribution in [2.75, 3.05) is 39.9 Å². The number of amides is 1. The molecule has 0 bridgehead atoms.